The average molecular weight is 535 g/mol. The topological polar surface area (TPSA) is 177 Å². The van der Waals surface area contributed by atoms with E-state index in [1.165, 1.54) is 12.1 Å². The van der Waals surface area contributed by atoms with Crippen LogP contribution in [0.15, 0.2) is 30.3 Å². The molecule has 0 heterocycles. The molecule has 196 valence electrons. The molecule has 12 nitrogen and oxygen atoms in total. The van der Waals surface area contributed by atoms with Crippen molar-refractivity contribution in [3.63, 3.8) is 0 Å². The maximum atomic E-state index is 12.5. The number of thioether (sulfide) groups is 1. The molecule has 0 saturated carbocycles. The molecule has 0 aromatic heterocycles. The number of para-hydroxylation sites is 1. The van der Waals surface area contributed by atoms with Crippen molar-refractivity contribution in [1.29, 1.82) is 0 Å². The monoisotopic (exact) mass is 534 g/mol. The number of hydrogen-bond donors (Lipinski definition) is 4. The lowest BCUT2D eigenvalue weighted by Gasteiger charge is -2.20. The number of esters is 2. The van der Waals surface area contributed by atoms with Gasteiger partial charge in [-0.2, -0.15) is 5.06 Å². The van der Waals surface area contributed by atoms with Crippen LogP contribution in [0.2, 0.25) is 0 Å². The van der Waals surface area contributed by atoms with Gasteiger partial charge in [-0.25, -0.2) is 0 Å². The van der Waals surface area contributed by atoms with E-state index in [9.17, 15) is 29.2 Å². The van der Waals surface area contributed by atoms with Crippen molar-refractivity contribution in [2.45, 2.75) is 38.8 Å². The Kier molecular flexibility index (Phi) is 16.1. The van der Waals surface area contributed by atoms with E-state index in [1.54, 1.807) is 32.0 Å². The van der Waals surface area contributed by atoms with Crippen molar-refractivity contribution in [3.05, 3.63) is 30.3 Å². The van der Waals surface area contributed by atoms with Crippen molar-refractivity contribution < 1.29 is 38.7 Å². The molecule has 1 aromatic rings. The molecule has 0 spiro atoms. The molecule has 1 aromatic carbocycles. The van der Waals surface area contributed by atoms with Crippen LogP contribution >= 0.6 is 24.2 Å². The molecule has 0 unspecified atom stereocenters. The first-order valence-corrected chi connectivity index (χ1v) is 11.5. The molecular formula is C21H31ClN4O8S. The van der Waals surface area contributed by atoms with Gasteiger partial charge in [-0.1, -0.05) is 30.0 Å². The minimum absolute atomic E-state index is 0. The first-order chi connectivity index (χ1) is 16.2. The van der Waals surface area contributed by atoms with Gasteiger partial charge in [-0.15, -0.1) is 12.4 Å². The van der Waals surface area contributed by atoms with E-state index in [-0.39, 0.29) is 49.9 Å². The molecule has 5 N–H and O–H groups in total. The number of rotatable bonds is 13. The highest BCUT2D eigenvalue weighted by Crippen LogP contribution is 2.17. The molecule has 0 fully saturated rings. The van der Waals surface area contributed by atoms with Crippen molar-refractivity contribution in [1.82, 2.24) is 10.6 Å². The largest absolute Gasteiger partial charge is 0.465 e. The van der Waals surface area contributed by atoms with Gasteiger partial charge < -0.3 is 25.8 Å². The molecule has 3 amide bonds. The minimum Gasteiger partial charge on any atom is -0.465 e. The second-order valence-electron chi connectivity index (χ2n) is 6.76. The van der Waals surface area contributed by atoms with Crippen LogP contribution in [0.3, 0.4) is 0 Å². The second kappa shape index (κ2) is 17.5. The van der Waals surface area contributed by atoms with Crippen LogP contribution in [-0.2, 0) is 28.7 Å². The number of benzene rings is 1. The predicted molar refractivity (Wildman–Crippen MR) is 131 cm³/mol. The van der Waals surface area contributed by atoms with Gasteiger partial charge in [0.2, 0.25) is 11.8 Å². The van der Waals surface area contributed by atoms with Crippen LogP contribution < -0.4 is 21.4 Å². The van der Waals surface area contributed by atoms with Gasteiger partial charge in [-0.05, 0) is 32.4 Å². The Hall–Kier alpha value is -2.87. The Labute approximate surface area is 213 Å². The lowest BCUT2D eigenvalue weighted by molar-refractivity contribution is -0.145. The van der Waals surface area contributed by atoms with E-state index in [0.717, 1.165) is 0 Å². The maximum absolute atomic E-state index is 12.5. The number of hydrogen-bond acceptors (Lipinski definition) is 10. The third kappa shape index (κ3) is 12.4. The van der Waals surface area contributed by atoms with Crippen LogP contribution in [0.4, 0.5) is 10.5 Å². The molecule has 14 heteroatoms. The highest BCUT2D eigenvalue weighted by molar-refractivity contribution is 8.13. The maximum Gasteiger partial charge on any atom is 0.325 e. The smallest absolute Gasteiger partial charge is 0.325 e. The molecule has 0 saturated heterocycles. The number of nitrogens with one attached hydrogen (secondary N) is 2. The van der Waals surface area contributed by atoms with E-state index < -0.39 is 47.6 Å². The normalized spacial score (nSPS) is 11.8. The van der Waals surface area contributed by atoms with Gasteiger partial charge >= 0.3 is 17.2 Å². The molecule has 0 aliphatic heterocycles. The van der Waals surface area contributed by atoms with E-state index in [1.807, 2.05) is 0 Å². The number of nitrogens with zero attached hydrogens (tertiary/aromatic N) is 1. The Morgan fingerprint density at radius 2 is 1.71 bits per heavy atom. The summed E-state index contributed by atoms with van der Waals surface area (Å²) in [7, 11) is 0. The van der Waals surface area contributed by atoms with E-state index in [2.05, 4.69) is 10.6 Å². The second-order valence-corrected chi connectivity index (χ2v) is 7.74. The van der Waals surface area contributed by atoms with Crippen LogP contribution in [0.1, 0.15) is 26.7 Å². The number of carbonyl (C=O) groups is 5. The van der Waals surface area contributed by atoms with Gasteiger partial charge in [0.25, 0.3) is 0 Å². The summed E-state index contributed by atoms with van der Waals surface area (Å²) in [4.78, 5) is 60.3. The third-order valence-corrected chi connectivity index (χ3v) is 5.10. The van der Waals surface area contributed by atoms with Crippen LogP contribution in [0.25, 0.3) is 0 Å². The molecular weight excluding hydrogens is 504 g/mol. The van der Waals surface area contributed by atoms with E-state index in [0.29, 0.717) is 16.8 Å². The number of anilines is 1. The fraction of sp³-hybridized carbons (Fsp3) is 0.476. The molecule has 0 aliphatic rings. The van der Waals surface area contributed by atoms with Crippen molar-refractivity contribution in [2.24, 2.45) is 5.73 Å². The van der Waals surface area contributed by atoms with Crippen LogP contribution in [0.5, 0.6) is 0 Å². The lowest BCUT2D eigenvalue weighted by Crippen LogP contribution is -2.50. The van der Waals surface area contributed by atoms with Crippen LogP contribution in [0, 0.1) is 0 Å². The Morgan fingerprint density at radius 1 is 1.09 bits per heavy atom. The van der Waals surface area contributed by atoms with Crippen LogP contribution in [-0.4, -0.2) is 71.8 Å². The summed E-state index contributed by atoms with van der Waals surface area (Å²) in [5, 5.41) is 14.5. The third-order valence-electron chi connectivity index (χ3n) is 4.18. The zero-order valence-electron chi connectivity index (χ0n) is 19.4. The van der Waals surface area contributed by atoms with Crippen molar-refractivity contribution in [3.8, 4) is 0 Å². The molecule has 1 rings (SSSR count). The zero-order chi connectivity index (χ0) is 25.5. The van der Waals surface area contributed by atoms with Gasteiger partial charge in [0.1, 0.15) is 18.6 Å². The SMILES string of the molecule is CCOC(=O)CNC(=O)[C@H](CSC(=O)N(O)c1ccccc1)NC(=O)CC[C@H](N)C(=O)OCC.Cl. The molecule has 2 atom stereocenters. The summed E-state index contributed by atoms with van der Waals surface area (Å²) >= 11 is 0.585. The Balaban J connectivity index is 0.0000116. The first-order valence-electron chi connectivity index (χ1n) is 10.5. The number of halogens is 1. The number of ether oxygens (including phenoxy) is 2. The van der Waals surface area contributed by atoms with Gasteiger partial charge in [0, 0.05) is 12.2 Å². The zero-order valence-corrected chi connectivity index (χ0v) is 21.1. The number of nitrogens with two attached hydrogens (primary N) is 1. The van der Waals surface area contributed by atoms with Gasteiger partial charge in [0.15, 0.2) is 0 Å². The van der Waals surface area contributed by atoms with Gasteiger partial charge in [-0.3, -0.25) is 29.2 Å². The standard InChI is InChI=1S/C21H30N4O8S.ClH/c1-3-32-18(27)12-23-19(28)16(24-17(26)11-10-15(22)20(29)33-4-2)13-34-21(30)25(31)14-8-6-5-7-9-14;/h5-9,15-16,31H,3-4,10-13,22H2,1-2H3,(H,23,28)(H,24,26);1H/t15-,16-;/m0./s1. The molecule has 35 heavy (non-hydrogen) atoms. The number of carbonyl (C=O) groups excluding carboxylic acids is 5. The Morgan fingerprint density at radius 3 is 2.31 bits per heavy atom. The van der Waals surface area contributed by atoms with Crippen molar-refractivity contribution >= 4 is 58.8 Å². The molecule has 0 radical (unpaired) electrons. The highest BCUT2D eigenvalue weighted by atomic mass is 35.5. The summed E-state index contributed by atoms with van der Waals surface area (Å²) < 4.78 is 9.52. The summed E-state index contributed by atoms with van der Waals surface area (Å²) in [6.45, 7) is 3.09. The highest BCUT2D eigenvalue weighted by Gasteiger charge is 2.25. The summed E-state index contributed by atoms with van der Waals surface area (Å²) in [6.07, 6.45) is -0.206. The quantitative estimate of drug-likeness (QED) is 0.162. The van der Waals surface area contributed by atoms with Gasteiger partial charge in [0.05, 0.1) is 18.9 Å². The molecule has 0 bridgehead atoms. The van der Waals surface area contributed by atoms with E-state index in [4.69, 9.17) is 15.2 Å². The predicted octanol–water partition coefficient (Wildman–Crippen LogP) is 0.992. The molecule has 0 aliphatic carbocycles. The lowest BCUT2D eigenvalue weighted by atomic mass is 10.1. The van der Waals surface area contributed by atoms with Crippen molar-refractivity contribution in [2.75, 3.05) is 30.6 Å². The summed E-state index contributed by atoms with van der Waals surface area (Å²) in [5.74, 6) is -2.90. The minimum atomic E-state index is -1.22. The summed E-state index contributed by atoms with van der Waals surface area (Å²) in [6, 6.07) is 5.76. The summed E-state index contributed by atoms with van der Waals surface area (Å²) in [5.41, 5.74) is 5.89. The number of hydroxylamine groups is 1. The fourth-order valence-electron chi connectivity index (χ4n) is 2.49. The average Bonchev–Trinajstić information content (AvgIpc) is 2.83. The van der Waals surface area contributed by atoms with E-state index >= 15 is 0 Å². The number of amides is 3. The first kappa shape index (κ1) is 32.1. The fourth-order valence-corrected chi connectivity index (χ4v) is 3.26. The Bertz CT molecular complexity index is 846.